The summed E-state index contributed by atoms with van der Waals surface area (Å²) < 4.78 is 0. The topological polar surface area (TPSA) is 78.2 Å². The molecule has 0 amide bonds. The summed E-state index contributed by atoms with van der Waals surface area (Å²) in [6.07, 6.45) is 0.750. The van der Waals surface area contributed by atoms with Gasteiger partial charge in [0.1, 0.15) is 0 Å². The van der Waals surface area contributed by atoms with Gasteiger partial charge >= 0.3 is 5.97 Å². The van der Waals surface area contributed by atoms with Gasteiger partial charge in [0.05, 0.1) is 0 Å². The maximum Gasteiger partial charge on any atom is 0.331 e. The van der Waals surface area contributed by atoms with E-state index in [2.05, 4.69) is 0 Å². The lowest BCUT2D eigenvalue weighted by molar-refractivity contribution is -0.132. The Hall–Kier alpha value is -1.41. The summed E-state index contributed by atoms with van der Waals surface area (Å²) in [5.74, 6) is -0.829. The van der Waals surface area contributed by atoms with Gasteiger partial charge in [0, 0.05) is 5.57 Å². The van der Waals surface area contributed by atoms with Crippen molar-refractivity contribution < 1.29 is 14.7 Å². The second-order valence-corrected chi connectivity index (χ2v) is 2.03. The number of rotatable bonds is 1. The standard InChI is InChI=1S/C6H10O2.CHNO/c1-4(2)5(3)6(7)8;2-1-3/h1-3H3,(H,7,8);2H. The second-order valence-electron chi connectivity index (χ2n) is 2.03. The van der Waals surface area contributed by atoms with Crippen LogP contribution < -0.4 is 0 Å². The van der Waals surface area contributed by atoms with Crippen molar-refractivity contribution in [1.82, 2.24) is 0 Å². The third-order valence-electron chi connectivity index (χ3n) is 1.07. The SMILES string of the molecule is CC(C)=C(C)C(=O)O.N=C=O. The average molecular weight is 157 g/mol. The minimum Gasteiger partial charge on any atom is -0.478 e. The van der Waals surface area contributed by atoms with Gasteiger partial charge in [-0.15, -0.1) is 0 Å². The predicted octanol–water partition coefficient (Wildman–Crippen LogP) is 1.33. The van der Waals surface area contributed by atoms with E-state index in [0.29, 0.717) is 5.57 Å². The van der Waals surface area contributed by atoms with Crippen LogP contribution in [0.1, 0.15) is 20.8 Å². The van der Waals surface area contributed by atoms with Crippen molar-refractivity contribution in [2.75, 3.05) is 0 Å². The van der Waals surface area contributed by atoms with E-state index in [9.17, 15) is 4.79 Å². The predicted molar refractivity (Wildman–Crippen MR) is 40.1 cm³/mol. The quantitative estimate of drug-likeness (QED) is 0.342. The van der Waals surface area contributed by atoms with Crippen molar-refractivity contribution in [3.8, 4) is 0 Å². The maximum absolute atomic E-state index is 10.1. The summed E-state index contributed by atoms with van der Waals surface area (Å²) in [5.41, 5.74) is 1.29. The lowest BCUT2D eigenvalue weighted by Gasteiger charge is -1.92. The Bertz CT molecular complexity index is 196. The molecule has 0 aliphatic heterocycles. The van der Waals surface area contributed by atoms with Gasteiger partial charge < -0.3 is 5.11 Å². The fraction of sp³-hybridized carbons (Fsp3) is 0.429. The van der Waals surface area contributed by atoms with Gasteiger partial charge in [0.25, 0.3) is 0 Å². The van der Waals surface area contributed by atoms with Gasteiger partial charge in [-0.1, -0.05) is 5.57 Å². The number of hydrogen-bond donors (Lipinski definition) is 2. The fourth-order valence-corrected chi connectivity index (χ4v) is 0.214. The zero-order valence-corrected chi connectivity index (χ0v) is 6.76. The molecule has 0 aliphatic rings. The highest BCUT2D eigenvalue weighted by atomic mass is 16.4. The Labute approximate surface area is 65.0 Å². The molecule has 62 valence electrons. The zero-order chi connectivity index (χ0) is 9.44. The normalized spacial score (nSPS) is 6.82. The van der Waals surface area contributed by atoms with Gasteiger partial charge in [-0.25, -0.2) is 15.0 Å². The van der Waals surface area contributed by atoms with E-state index in [0.717, 1.165) is 11.7 Å². The van der Waals surface area contributed by atoms with Crippen molar-refractivity contribution in [3.05, 3.63) is 11.1 Å². The van der Waals surface area contributed by atoms with E-state index in [1.54, 1.807) is 20.8 Å². The molecule has 0 bridgehead atoms. The number of carboxylic acid groups (broad SMARTS) is 1. The van der Waals surface area contributed by atoms with Crippen LogP contribution >= 0.6 is 0 Å². The Morgan fingerprint density at radius 3 is 1.64 bits per heavy atom. The Morgan fingerprint density at radius 2 is 1.64 bits per heavy atom. The number of carboxylic acids is 1. The molecule has 0 unspecified atom stereocenters. The number of isocyanates is 1. The first-order valence-electron chi connectivity index (χ1n) is 2.88. The molecule has 0 aromatic rings. The van der Waals surface area contributed by atoms with Crippen LogP contribution in [-0.4, -0.2) is 17.2 Å². The van der Waals surface area contributed by atoms with Gasteiger partial charge in [0.15, 0.2) is 0 Å². The molecule has 0 aromatic heterocycles. The van der Waals surface area contributed by atoms with Crippen LogP contribution in [0.2, 0.25) is 0 Å². The third kappa shape index (κ3) is 8.59. The van der Waals surface area contributed by atoms with Crippen LogP contribution in [-0.2, 0) is 9.59 Å². The Morgan fingerprint density at radius 1 is 1.36 bits per heavy atom. The molecule has 0 aliphatic carbocycles. The monoisotopic (exact) mass is 157 g/mol. The van der Waals surface area contributed by atoms with Crippen molar-refractivity contribution in [1.29, 1.82) is 5.41 Å². The lowest BCUT2D eigenvalue weighted by Crippen LogP contribution is -1.97. The molecule has 4 heteroatoms. The molecule has 0 aromatic carbocycles. The second kappa shape index (κ2) is 6.71. The highest BCUT2D eigenvalue weighted by Gasteiger charge is 1.98. The summed E-state index contributed by atoms with van der Waals surface area (Å²) in [6, 6.07) is 0. The molecule has 0 atom stereocenters. The van der Waals surface area contributed by atoms with Crippen molar-refractivity contribution in [2.45, 2.75) is 20.8 Å². The molecule has 0 radical (unpaired) electrons. The highest BCUT2D eigenvalue weighted by molar-refractivity contribution is 5.86. The number of carbonyl (C=O) groups excluding carboxylic acids is 1. The first-order valence-corrected chi connectivity index (χ1v) is 2.88. The summed E-state index contributed by atoms with van der Waals surface area (Å²) in [5, 5.41) is 13.7. The van der Waals surface area contributed by atoms with E-state index in [1.807, 2.05) is 0 Å². The van der Waals surface area contributed by atoms with Gasteiger partial charge in [-0.2, -0.15) is 0 Å². The van der Waals surface area contributed by atoms with E-state index in [-0.39, 0.29) is 0 Å². The first kappa shape index (κ1) is 12.3. The summed E-state index contributed by atoms with van der Waals surface area (Å²) in [4.78, 5) is 18.4. The summed E-state index contributed by atoms with van der Waals surface area (Å²) in [6.45, 7) is 5.16. The number of hydrogen-bond acceptors (Lipinski definition) is 3. The van der Waals surface area contributed by atoms with Crippen LogP contribution in [0.4, 0.5) is 0 Å². The highest BCUT2D eigenvalue weighted by Crippen LogP contribution is 1.99. The molecule has 4 nitrogen and oxygen atoms in total. The Balaban J connectivity index is 0. The largest absolute Gasteiger partial charge is 0.478 e. The molecule has 2 N–H and O–H groups in total. The maximum atomic E-state index is 10.1. The van der Waals surface area contributed by atoms with Crippen LogP contribution in [0.25, 0.3) is 0 Å². The minimum absolute atomic E-state index is 0.435. The fourth-order valence-electron chi connectivity index (χ4n) is 0.214. The van der Waals surface area contributed by atoms with Gasteiger partial charge in [-0.05, 0) is 20.8 Å². The first-order chi connectivity index (χ1) is 4.97. The van der Waals surface area contributed by atoms with Gasteiger partial charge in [0.2, 0.25) is 6.08 Å². The van der Waals surface area contributed by atoms with E-state index < -0.39 is 5.97 Å². The summed E-state index contributed by atoms with van der Waals surface area (Å²) in [7, 11) is 0. The summed E-state index contributed by atoms with van der Waals surface area (Å²) >= 11 is 0. The van der Waals surface area contributed by atoms with Crippen molar-refractivity contribution >= 4 is 12.0 Å². The molecule has 0 saturated heterocycles. The van der Waals surface area contributed by atoms with Gasteiger partial charge in [-0.3, -0.25) is 0 Å². The number of nitrogens with one attached hydrogen (secondary N) is 1. The van der Waals surface area contributed by atoms with Crippen LogP contribution in [0.5, 0.6) is 0 Å². The zero-order valence-electron chi connectivity index (χ0n) is 6.76. The smallest absolute Gasteiger partial charge is 0.331 e. The number of aliphatic carboxylic acids is 1. The average Bonchev–Trinajstić information content (AvgIpc) is 1.87. The molecular formula is C7H11NO3. The van der Waals surface area contributed by atoms with Crippen LogP contribution in [0, 0.1) is 5.41 Å². The van der Waals surface area contributed by atoms with Crippen LogP contribution in [0.15, 0.2) is 11.1 Å². The molecule has 0 rings (SSSR count). The Kier molecular flexibility index (Phi) is 7.49. The van der Waals surface area contributed by atoms with E-state index in [1.165, 1.54) is 0 Å². The molecular weight excluding hydrogens is 146 g/mol. The van der Waals surface area contributed by atoms with E-state index >= 15 is 0 Å². The molecule has 0 fully saturated rings. The van der Waals surface area contributed by atoms with Crippen molar-refractivity contribution in [3.63, 3.8) is 0 Å². The van der Waals surface area contributed by atoms with E-state index in [4.69, 9.17) is 15.3 Å². The molecule has 0 heterocycles. The lowest BCUT2D eigenvalue weighted by atomic mass is 10.2. The van der Waals surface area contributed by atoms with Crippen molar-refractivity contribution in [2.24, 2.45) is 0 Å². The third-order valence-corrected chi connectivity index (χ3v) is 1.07. The molecule has 0 spiro atoms. The number of allylic oxidation sites excluding steroid dienone is 1. The minimum atomic E-state index is -0.829. The molecule has 0 saturated carbocycles. The van der Waals surface area contributed by atoms with Crippen LogP contribution in [0.3, 0.4) is 0 Å². The number of carbonyl (C=O) groups is 1. The molecule has 11 heavy (non-hydrogen) atoms.